The monoisotopic (exact) mass is 713 g/mol. The van der Waals surface area contributed by atoms with Crippen LogP contribution in [-0.2, 0) is 0 Å². The number of benzene rings is 8. The van der Waals surface area contributed by atoms with Gasteiger partial charge < -0.3 is 4.90 Å². The molecule has 0 N–H and O–H groups in total. The van der Waals surface area contributed by atoms with Crippen molar-refractivity contribution < 1.29 is 8.78 Å². The summed E-state index contributed by atoms with van der Waals surface area (Å²) in [5.41, 5.74) is 12.2. The third-order valence-corrected chi connectivity index (χ3v) is 10.4. The summed E-state index contributed by atoms with van der Waals surface area (Å²) in [6.45, 7) is 0. The first kappa shape index (κ1) is 32.4. The molecule has 0 unspecified atom stereocenters. The molecule has 8 aromatic carbocycles. The molecule has 0 saturated heterocycles. The SMILES string of the molecule is Fc1ccc(-n2c3ccccc3c3c4c(-c5ccc(N(c6ccccc6)c6ccc(-c7ccccc7)cc6)cc5)cccc4n(-c4ccc(F)cc4)c32)cc1. The Morgan fingerprint density at radius 3 is 1.44 bits per heavy atom. The molecule has 0 bridgehead atoms. The number of anilines is 3. The van der Waals surface area contributed by atoms with Gasteiger partial charge in [0, 0.05) is 44.6 Å². The summed E-state index contributed by atoms with van der Waals surface area (Å²) in [6.07, 6.45) is 0. The van der Waals surface area contributed by atoms with Crippen molar-refractivity contribution in [2.24, 2.45) is 0 Å². The molecule has 55 heavy (non-hydrogen) atoms. The highest BCUT2D eigenvalue weighted by Crippen LogP contribution is 2.45. The minimum atomic E-state index is -0.298. The molecule has 10 aromatic rings. The van der Waals surface area contributed by atoms with Gasteiger partial charge in [0.1, 0.15) is 17.3 Å². The first-order valence-electron chi connectivity index (χ1n) is 18.3. The Kier molecular flexibility index (Phi) is 7.85. The van der Waals surface area contributed by atoms with Gasteiger partial charge in [0.15, 0.2) is 0 Å². The van der Waals surface area contributed by atoms with Crippen molar-refractivity contribution in [3.8, 4) is 33.6 Å². The quantitative estimate of drug-likeness (QED) is 0.160. The van der Waals surface area contributed by atoms with Crippen LogP contribution in [0.4, 0.5) is 25.8 Å². The van der Waals surface area contributed by atoms with E-state index >= 15 is 0 Å². The van der Waals surface area contributed by atoms with E-state index in [-0.39, 0.29) is 11.6 Å². The molecule has 0 aliphatic carbocycles. The molecule has 0 fully saturated rings. The maximum Gasteiger partial charge on any atom is 0.131 e. The van der Waals surface area contributed by atoms with Gasteiger partial charge in [-0.05, 0) is 119 Å². The fourth-order valence-corrected chi connectivity index (χ4v) is 7.98. The van der Waals surface area contributed by atoms with Gasteiger partial charge in [0.2, 0.25) is 0 Å². The highest BCUT2D eigenvalue weighted by atomic mass is 19.1. The van der Waals surface area contributed by atoms with Crippen LogP contribution in [0.5, 0.6) is 0 Å². The van der Waals surface area contributed by atoms with Gasteiger partial charge in [-0.2, -0.15) is 0 Å². The number of hydrogen-bond donors (Lipinski definition) is 0. The van der Waals surface area contributed by atoms with E-state index in [4.69, 9.17) is 0 Å². The van der Waals surface area contributed by atoms with Crippen molar-refractivity contribution in [1.29, 1.82) is 0 Å². The average Bonchev–Trinajstić information content (AvgIpc) is 3.76. The van der Waals surface area contributed by atoms with Crippen LogP contribution in [0, 0.1) is 11.6 Å². The van der Waals surface area contributed by atoms with E-state index in [1.165, 1.54) is 35.4 Å². The molecule has 0 atom stereocenters. The lowest BCUT2D eigenvalue weighted by atomic mass is 9.98. The van der Waals surface area contributed by atoms with Gasteiger partial charge in [0.25, 0.3) is 0 Å². The second-order valence-electron chi connectivity index (χ2n) is 13.7. The maximum absolute atomic E-state index is 14.3. The molecule has 3 nitrogen and oxygen atoms in total. The summed E-state index contributed by atoms with van der Waals surface area (Å²) in [6, 6.07) is 66.2. The molecule has 0 amide bonds. The predicted octanol–water partition coefficient (Wildman–Crippen LogP) is 13.8. The normalized spacial score (nSPS) is 11.5. The predicted molar refractivity (Wildman–Crippen MR) is 223 cm³/mol. The Hall–Kier alpha value is -7.24. The number of nitrogens with zero attached hydrogens (tertiary/aromatic N) is 3. The minimum absolute atomic E-state index is 0.295. The summed E-state index contributed by atoms with van der Waals surface area (Å²) < 4.78 is 33.0. The second kappa shape index (κ2) is 13.3. The lowest BCUT2D eigenvalue weighted by Gasteiger charge is -2.26. The van der Waals surface area contributed by atoms with Crippen molar-refractivity contribution in [3.05, 3.63) is 212 Å². The van der Waals surface area contributed by atoms with Crippen LogP contribution < -0.4 is 4.90 Å². The summed E-state index contributed by atoms with van der Waals surface area (Å²) in [4.78, 5) is 2.28. The van der Waals surface area contributed by atoms with E-state index in [9.17, 15) is 8.78 Å². The van der Waals surface area contributed by atoms with Gasteiger partial charge in [-0.3, -0.25) is 9.13 Å². The van der Waals surface area contributed by atoms with Crippen LogP contribution in [0.2, 0.25) is 0 Å². The fourth-order valence-electron chi connectivity index (χ4n) is 7.98. The van der Waals surface area contributed by atoms with Crippen molar-refractivity contribution >= 4 is 49.9 Å². The number of hydrogen-bond acceptors (Lipinski definition) is 1. The smallest absolute Gasteiger partial charge is 0.131 e. The van der Waals surface area contributed by atoms with Crippen LogP contribution in [0.15, 0.2) is 200 Å². The van der Waals surface area contributed by atoms with E-state index < -0.39 is 0 Å². The lowest BCUT2D eigenvalue weighted by molar-refractivity contribution is 0.627. The largest absolute Gasteiger partial charge is 0.311 e. The van der Waals surface area contributed by atoms with Crippen LogP contribution in [-0.4, -0.2) is 9.13 Å². The van der Waals surface area contributed by atoms with Crippen LogP contribution >= 0.6 is 0 Å². The van der Waals surface area contributed by atoms with Crippen molar-refractivity contribution in [2.45, 2.75) is 0 Å². The van der Waals surface area contributed by atoms with Gasteiger partial charge >= 0.3 is 0 Å². The van der Waals surface area contributed by atoms with Gasteiger partial charge in [-0.25, -0.2) is 8.78 Å². The van der Waals surface area contributed by atoms with E-state index in [1.807, 2.05) is 30.3 Å². The standard InChI is InChI=1S/C50H33F2N3/c51-37-22-30-42(31-23-37)54-46-16-8-7-14-45(46)49-48-44(15-9-17-47(48)55(50(49)54)43-32-24-38(52)25-33-43)36-20-28-41(29-21-36)53(39-12-5-2-6-13-39)40-26-18-35(19-27-40)34-10-3-1-4-11-34/h1-33H. The van der Waals surface area contributed by atoms with E-state index in [2.05, 4.69) is 147 Å². The van der Waals surface area contributed by atoms with Gasteiger partial charge in [-0.1, -0.05) is 103 Å². The Balaban J connectivity index is 1.17. The molecule has 0 radical (unpaired) electrons. The zero-order chi connectivity index (χ0) is 36.9. The van der Waals surface area contributed by atoms with Crippen molar-refractivity contribution in [2.75, 3.05) is 4.90 Å². The van der Waals surface area contributed by atoms with Gasteiger partial charge in [0.05, 0.1) is 11.0 Å². The number of aromatic nitrogens is 2. The minimum Gasteiger partial charge on any atom is -0.311 e. The molecule has 262 valence electrons. The van der Waals surface area contributed by atoms with Crippen molar-refractivity contribution in [3.63, 3.8) is 0 Å². The average molecular weight is 714 g/mol. The Labute approximate surface area is 317 Å². The first-order chi connectivity index (χ1) is 27.1. The topological polar surface area (TPSA) is 13.1 Å². The highest BCUT2D eigenvalue weighted by molar-refractivity contribution is 6.26. The summed E-state index contributed by atoms with van der Waals surface area (Å²) in [7, 11) is 0. The zero-order valence-corrected chi connectivity index (χ0v) is 29.7. The molecule has 0 spiro atoms. The Bertz CT molecular complexity index is 2950. The number of rotatable bonds is 7. The fraction of sp³-hybridized carbons (Fsp3) is 0. The third kappa shape index (κ3) is 5.56. The molecule has 5 heteroatoms. The first-order valence-corrected chi connectivity index (χ1v) is 18.3. The molecular weight excluding hydrogens is 681 g/mol. The van der Waals surface area contributed by atoms with E-state index in [0.717, 1.165) is 72.4 Å². The number of fused-ring (bicyclic) bond motifs is 5. The van der Waals surface area contributed by atoms with E-state index in [0.29, 0.717) is 0 Å². The van der Waals surface area contributed by atoms with Crippen LogP contribution in [0.25, 0.3) is 66.5 Å². The zero-order valence-electron chi connectivity index (χ0n) is 29.7. The molecule has 2 heterocycles. The van der Waals surface area contributed by atoms with Crippen molar-refractivity contribution in [1.82, 2.24) is 9.13 Å². The third-order valence-electron chi connectivity index (χ3n) is 10.4. The van der Waals surface area contributed by atoms with Crippen LogP contribution in [0.1, 0.15) is 0 Å². The summed E-state index contributed by atoms with van der Waals surface area (Å²) in [5, 5.41) is 3.23. The molecular formula is C50H33F2N3. The summed E-state index contributed by atoms with van der Waals surface area (Å²) >= 11 is 0. The van der Waals surface area contributed by atoms with Gasteiger partial charge in [-0.15, -0.1) is 0 Å². The van der Waals surface area contributed by atoms with Crippen LogP contribution in [0.3, 0.4) is 0 Å². The molecule has 10 rings (SSSR count). The Morgan fingerprint density at radius 1 is 0.345 bits per heavy atom. The molecule has 2 aromatic heterocycles. The maximum atomic E-state index is 14.3. The summed E-state index contributed by atoms with van der Waals surface area (Å²) in [5.74, 6) is -0.593. The molecule has 0 saturated carbocycles. The Morgan fingerprint density at radius 2 is 0.818 bits per heavy atom. The van der Waals surface area contributed by atoms with E-state index in [1.54, 1.807) is 12.1 Å². The highest BCUT2D eigenvalue weighted by Gasteiger charge is 2.24. The number of halogens is 2. The number of para-hydroxylation sites is 2. The molecule has 0 aliphatic rings. The molecule has 0 aliphatic heterocycles. The lowest BCUT2D eigenvalue weighted by Crippen LogP contribution is -2.09. The second-order valence-corrected chi connectivity index (χ2v) is 13.7.